The van der Waals surface area contributed by atoms with E-state index in [1.165, 1.54) is 18.4 Å². The fraction of sp³-hybridized carbons (Fsp3) is 0.308. The Morgan fingerprint density at radius 1 is 1.37 bits per heavy atom. The first-order valence-electron chi connectivity index (χ1n) is 5.84. The average Bonchev–Trinajstić information content (AvgIpc) is 2.76. The molecule has 0 radical (unpaired) electrons. The SMILES string of the molecule is COC(=O)c1sc(-c2ncccn2)c(C(C)C)c1N. The summed E-state index contributed by atoms with van der Waals surface area (Å²) in [5, 5.41) is 0. The standard InChI is InChI=1S/C13H15N3O2S/c1-7(2)8-9(14)11(13(17)18-3)19-10(8)12-15-5-4-6-16-12/h4-7H,14H2,1-3H3. The number of hydrogen-bond acceptors (Lipinski definition) is 6. The lowest BCUT2D eigenvalue weighted by Crippen LogP contribution is -2.03. The van der Waals surface area contributed by atoms with Crippen molar-refractivity contribution in [2.24, 2.45) is 0 Å². The number of aromatic nitrogens is 2. The van der Waals surface area contributed by atoms with Crippen molar-refractivity contribution in [2.45, 2.75) is 19.8 Å². The lowest BCUT2D eigenvalue weighted by atomic mass is 10.0. The zero-order chi connectivity index (χ0) is 14.0. The maximum atomic E-state index is 11.7. The molecular weight excluding hydrogens is 262 g/mol. The van der Waals surface area contributed by atoms with Crippen molar-refractivity contribution < 1.29 is 9.53 Å². The maximum absolute atomic E-state index is 11.7. The highest BCUT2D eigenvalue weighted by Gasteiger charge is 2.25. The van der Waals surface area contributed by atoms with Crippen molar-refractivity contribution >= 4 is 23.0 Å². The number of methoxy groups -OCH3 is 1. The number of nitrogen functional groups attached to an aromatic ring is 1. The molecule has 0 saturated carbocycles. The molecule has 19 heavy (non-hydrogen) atoms. The summed E-state index contributed by atoms with van der Waals surface area (Å²) >= 11 is 1.28. The van der Waals surface area contributed by atoms with Crippen LogP contribution < -0.4 is 5.73 Å². The molecule has 2 aromatic rings. The van der Waals surface area contributed by atoms with Crippen LogP contribution in [0.25, 0.3) is 10.7 Å². The summed E-state index contributed by atoms with van der Waals surface area (Å²) in [5.74, 6) is 0.332. The third kappa shape index (κ3) is 2.44. The molecule has 100 valence electrons. The van der Waals surface area contributed by atoms with Gasteiger partial charge in [0, 0.05) is 18.0 Å². The molecule has 0 spiro atoms. The van der Waals surface area contributed by atoms with Gasteiger partial charge < -0.3 is 10.5 Å². The molecule has 0 aliphatic rings. The molecule has 0 unspecified atom stereocenters. The summed E-state index contributed by atoms with van der Waals surface area (Å²) in [4.78, 5) is 21.4. The molecule has 2 heterocycles. The van der Waals surface area contributed by atoms with Crippen molar-refractivity contribution in [3.8, 4) is 10.7 Å². The molecule has 0 saturated heterocycles. The first kappa shape index (κ1) is 13.5. The number of nitrogens with zero attached hydrogens (tertiary/aromatic N) is 2. The largest absolute Gasteiger partial charge is 0.465 e. The number of carbonyl (C=O) groups excluding carboxylic acids is 1. The number of esters is 1. The molecular formula is C13H15N3O2S. The van der Waals surface area contributed by atoms with Gasteiger partial charge in [0.05, 0.1) is 17.7 Å². The normalized spacial score (nSPS) is 10.7. The number of carbonyl (C=O) groups is 1. The fourth-order valence-corrected chi connectivity index (χ4v) is 3.10. The molecule has 2 aromatic heterocycles. The van der Waals surface area contributed by atoms with Crippen LogP contribution in [0.3, 0.4) is 0 Å². The predicted molar refractivity (Wildman–Crippen MR) is 75.2 cm³/mol. The fourth-order valence-electron chi connectivity index (χ4n) is 1.86. The average molecular weight is 277 g/mol. The minimum atomic E-state index is -0.424. The van der Waals surface area contributed by atoms with Crippen molar-refractivity contribution in [1.82, 2.24) is 9.97 Å². The van der Waals surface area contributed by atoms with Gasteiger partial charge in [0.1, 0.15) is 4.88 Å². The van der Waals surface area contributed by atoms with Crippen LogP contribution in [0.1, 0.15) is 35.0 Å². The van der Waals surface area contributed by atoms with Crippen molar-refractivity contribution in [3.63, 3.8) is 0 Å². The molecule has 0 aromatic carbocycles. The van der Waals surface area contributed by atoms with Crippen LogP contribution in [0.4, 0.5) is 5.69 Å². The maximum Gasteiger partial charge on any atom is 0.350 e. The quantitative estimate of drug-likeness (QED) is 0.873. The van der Waals surface area contributed by atoms with Gasteiger partial charge in [-0.2, -0.15) is 0 Å². The number of ether oxygens (including phenoxy) is 1. The highest BCUT2D eigenvalue weighted by Crippen LogP contribution is 2.41. The van der Waals surface area contributed by atoms with E-state index in [1.807, 2.05) is 13.8 Å². The van der Waals surface area contributed by atoms with Crippen molar-refractivity contribution in [2.75, 3.05) is 12.8 Å². The van der Waals surface area contributed by atoms with Crippen molar-refractivity contribution in [1.29, 1.82) is 0 Å². The Balaban J connectivity index is 2.64. The molecule has 0 atom stereocenters. The van der Waals surface area contributed by atoms with Gasteiger partial charge in [-0.3, -0.25) is 0 Å². The predicted octanol–water partition coefficient (Wildman–Crippen LogP) is 2.70. The molecule has 2 rings (SSSR count). The number of hydrogen-bond donors (Lipinski definition) is 1. The first-order valence-corrected chi connectivity index (χ1v) is 6.65. The monoisotopic (exact) mass is 277 g/mol. The van der Waals surface area contributed by atoms with Crippen LogP contribution in [-0.4, -0.2) is 23.0 Å². The number of rotatable bonds is 3. The molecule has 0 aliphatic carbocycles. The van der Waals surface area contributed by atoms with E-state index in [-0.39, 0.29) is 5.92 Å². The number of thiophene rings is 1. The van der Waals surface area contributed by atoms with Crippen LogP contribution in [0.15, 0.2) is 18.5 Å². The molecule has 0 fully saturated rings. The van der Waals surface area contributed by atoms with Gasteiger partial charge >= 0.3 is 5.97 Å². The minimum Gasteiger partial charge on any atom is -0.465 e. The second kappa shape index (κ2) is 5.36. The Kier molecular flexibility index (Phi) is 3.80. The topological polar surface area (TPSA) is 78.1 Å². The third-order valence-corrected chi connectivity index (χ3v) is 3.90. The summed E-state index contributed by atoms with van der Waals surface area (Å²) < 4.78 is 4.75. The lowest BCUT2D eigenvalue weighted by Gasteiger charge is -2.07. The van der Waals surface area contributed by atoms with E-state index in [4.69, 9.17) is 10.5 Å². The van der Waals surface area contributed by atoms with E-state index in [0.717, 1.165) is 10.4 Å². The summed E-state index contributed by atoms with van der Waals surface area (Å²) in [6, 6.07) is 1.75. The zero-order valence-electron chi connectivity index (χ0n) is 11.0. The van der Waals surface area contributed by atoms with Gasteiger partial charge in [0.2, 0.25) is 0 Å². The highest BCUT2D eigenvalue weighted by atomic mass is 32.1. The van der Waals surface area contributed by atoms with Crippen LogP contribution in [0.2, 0.25) is 0 Å². The number of nitrogens with two attached hydrogens (primary N) is 1. The van der Waals surface area contributed by atoms with E-state index < -0.39 is 5.97 Å². The zero-order valence-corrected chi connectivity index (χ0v) is 11.8. The Morgan fingerprint density at radius 2 is 2.00 bits per heavy atom. The highest BCUT2D eigenvalue weighted by molar-refractivity contribution is 7.18. The third-order valence-electron chi connectivity index (χ3n) is 2.70. The Hall–Kier alpha value is -1.95. The van der Waals surface area contributed by atoms with E-state index in [1.54, 1.807) is 18.5 Å². The first-order chi connectivity index (χ1) is 9.06. The lowest BCUT2D eigenvalue weighted by molar-refractivity contribution is 0.0607. The molecule has 6 heteroatoms. The van der Waals surface area contributed by atoms with Crippen LogP contribution in [-0.2, 0) is 4.74 Å². The minimum absolute atomic E-state index is 0.175. The molecule has 0 amide bonds. The van der Waals surface area contributed by atoms with Gasteiger partial charge in [-0.1, -0.05) is 13.8 Å². The van der Waals surface area contributed by atoms with Gasteiger partial charge in [-0.05, 0) is 12.0 Å². The van der Waals surface area contributed by atoms with Crippen LogP contribution in [0, 0.1) is 0 Å². The summed E-state index contributed by atoms with van der Waals surface area (Å²) in [5.41, 5.74) is 7.44. The van der Waals surface area contributed by atoms with Gasteiger partial charge in [-0.25, -0.2) is 14.8 Å². The second-order valence-corrected chi connectivity index (χ2v) is 5.33. The summed E-state index contributed by atoms with van der Waals surface area (Å²) in [6.45, 7) is 4.04. The number of anilines is 1. The summed E-state index contributed by atoms with van der Waals surface area (Å²) in [7, 11) is 1.34. The van der Waals surface area contributed by atoms with Crippen molar-refractivity contribution in [3.05, 3.63) is 28.9 Å². The van der Waals surface area contributed by atoms with Gasteiger partial charge in [0.15, 0.2) is 5.82 Å². The smallest absolute Gasteiger partial charge is 0.350 e. The van der Waals surface area contributed by atoms with E-state index in [2.05, 4.69) is 9.97 Å². The van der Waals surface area contributed by atoms with Gasteiger partial charge in [0.25, 0.3) is 0 Å². The Morgan fingerprint density at radius 3 is 2.53 bits per heavy atom. The molecule has 5 nitrogen and oxygen atoms in total. The van der Waals surface area contributed by atoms with Gasteiger partial charge in [-0.15, -0.1) is 11.3 Å². The van der Waals surface area contributed by atoms with E-state index >= 15 is 0 Å². The molecule has 0 aliphatic heterocycles. The molecule has 0 bridgehead atoms. The second-order valence-electron chi connectivity index (χ2n) is 4.31. The summed E-state index contributed by atoms with van der Waals surface area (Å²) in [6.07, 6.45) is 3.33. The van der Waals surface area contributed by atoms with E-state index in [9.17, 15) is 4.79 Å². The molecule has 2 N–H and O–H groups in total. The Bertz CT molecular complexity index is 593. The Labute approximate surface area is 115 Å². The van der Waals surface area contributed by atoms with E-state index in [0.29, 0.717) is 16.4 Å². The van der Waals surface area contributed by atoms with Crippen LogP contribution >= 0.6 is 11.3 Å². The van der Waals surface area contributed by atoms with Crippen LogP contribution in [0.5, 0.6) is 0 Å².